The molecule has 32 heavy (non-hydrogen) atoms. The molecule has 1 aromatic heterocycles. The predicted octanol–water partition coefficient (Wildman–Crippen LogP) is 3.59. The molecule has 3 rings (SSSR count). The number of hydrogen-bond donors (Lipinski definition) is 1. The number of hydrogen-bond acceptors (Lipinski definition) is 6. The molecule has 8 nitrogen and oxygen atoms in total. The summed E-state index contributed by atoms with van der Waals surface area (Å²) < 4.78 is 32.9. The minimum Gasteiger partial charge on any atom is -0.449 e. The van der Waals surface area contributed by atoms with Gasteiger partial charge in [-0.05, 0) is 55.5 Å². The molecular formula is C22H26ClN3O5S. The van der Waals surface area contributed by atoms with Crippen LogP contribution in [0.2, 0.25) is 5.02 Å². The summed E-state index contributed by atoms with van der Waals surface area (Å²) in [7, 11) is -3.75. The van der Waals surface area contributed by atoms with Crippen LogP contribution in [0.15, 0.2) is 47.5 Å². The normalized spacial score (nSPS) is 20.4. The van der Waals surface area contributed by atoms with E-state index in [1.54, 1.807) is 6.07 Å². The SMILES string of the molecule is CC1CC(C)CN(S(=O)(=O)c2cccc(C(=O)OC(C)C(=O)Nc3ccc(Cl)cn3)c2)C1. The van der Waals surface area contributed by atoms with E-state index in [1.165, 1.54) is 47.8 Å². The number of sulfonamides is 1. The van der Waals surface area contributed by atoms with Gasteiger partial charge in [0, 0.05) is 19.3 Å². The van der Waals surface area contributed by atoms with Crippen LogP contribution in [0.1, 0.15) is 37.6 Å². The Morgan fingerprint density at radius 3 is 2.50 bits per heavy atom. The summed E-state index contributed by atoms with van der Waals surface area (Å²) >= 11 is 5.77. The van der Waals surface area contributed by atoms with Crippen molar-refractivity contribution in [2.75, 3.05) is 18.4 Å². The molecule has 1 N–H and O–H groups in total. The van der Waals surface area contributed by atoms with Crippen molar-refractivity contribution in [1.29, 1.82) is 0 Å². The van der Waals surface area contributed by atoms with Gasteiger partial charge in [0.05, 0.1) is 15.5 Å². The average Bonchev–Trinajstić information content (AvgIpc) is 2.74. The molecule has 2 aromatic rings. The Labute approximate surface area is 193 Å². The first-order chi connectivity index (χ1) is 15.1. The number of nitrogens with one attached hydrogen (secondary N) is 1. The lowest BCUT2D eigenvalue weighted by molar-refractivity contribution is -0.123. The molecule has 1 aromatic carbocycles. The third-order valence-electron chi connectivity index (χ3n) is 5.17. The Hall–Kier alpha value is -2.49. The fourth-order valence-electron chi connectivity index (χ4n) is 3.69. The first-order valence-corrected chi connectivity index (χ1v) is 12.1. The van der Waals surface area contributed by atoms with E-state index < -0.39 is 28.0 Å². The van der Waals surface area contributed by atoms with Crippen molar-refractivity contribution in [2.45, 2.75) is 38.2 Å². The minimum atomic E-state index is -3.75. The third-order valence-corrected chi connectivity index (χ3v) is 7.23. The lowest BCUT2D eigenvalue weighted by atomic mass is 9.94. The monoisotopic (exact) mass is 479 g/mol. The van der Waals surface area contributed by atoms with Gasteiger partial charge in [0.2, 0.25) is 10.0 Å². The number of rotatable bonds is 6. The highest BCUT2D eigenvalue weighted by Gasteiger charge is 2.32. The number of amides is 1. The number of carbonyl (C=O) groups excluding carboxylic acids is 2. The Balaban J connectivity index is 1.69. The van der Waals surface area contributed by atoms with Crippen molar-refractivity contribution in [3.63, 3.8) is 0 Å². The Morgan fingerprint density at radius 1 is 1.19 bits per heavy atom. The molecule has 1 saturated heterocycles. The second-order valence-corrected chi connectivity index (χ2v) is 10.6. The topological polar surface area (TPSA) is 106 Å². The Kier molecular flexibility index (Phi) is 7.53. The molecule has 0 bridgehead atoms. The molecule has 1 aliphatic rings. The van der Waals surface area contributed by atoms with Gasteiger partial charge in [-0.1, -0.05) is 31.5 Å². The summed E-state index contributed by atoms with van der Waals surface area (Å²) in [6.45, 7) is 6.35. The number of anilines is 1. The van der Waals surface area contributed by atoms with Gasteiger partial charge in [-0.3, -0.25) is 4.79 Å². The lowest BCUT2D eigenvalue weighted by Gasteiger charge is -2.34. The number of ether oxygens (including phenoxy) is 1. The standard InChI is InChI=1S/C22H26ClN3O5S/c1-14-9-15(2)13-26(12-14)32(29,30)19-6-4-5-17(10-19)22(28)31-16(3)21(27)25-20-8-7-18(23)11-24-20/h4-8,10-11,14-16H,9,12-13H2,1-3H3,(H,24,25,27). The lowest BCUT2D eigenvalue weighted by Crippen LogP contribution is -2.42. The average molecular weight is 480 g/mol. The largest absolute Gasteiger partial charge is 0.449 e. The number of nitrogens with zero attached hydrogens (tertiary/aromatic N) is 2. The van der Waals surface area contributed by atoms with Crippen LogP contribution < -0.4 is 5.32 Å². The molecule has 1 fully saturated rings. The van der Waals surface area contributed by atoms with E-state index in [0.717, 1.165) is 6.42 Å². The summed E-state index contributed by atoms with van der Waals surface area (Å²) in [5.74, 6) is -0.588. The van der Waals surface area contributed by atoms with Crippen LogP contribution in [0.4, 0.5) is 5.82 Å². The maximum Gasteiger partial charge on any atom is 0.338 e. The highest BCUT2D eigenvalue weighted by molar-refractivity contribution is 7.89. The first-order valence-electron chi connectivity index (χ1n) is 10.3. The fraction of sp³-hybridized carbons (Fsp3) is 0.409. The van der Waals surface area contributed by atoms with E-state index in [4.69, 9.17) is 16.3 Å². The van der Waals surface area contributed by atoms with Crippen molar-refractivity contribution in [3.05, 3.63) is 53.2 Å². The van der Waals surface area contributed by atoms with Gasteiger partial charge >= 0.3 is 5.97 Å². The summed E-state index contributed by atoms with van der Waals surface area (Å²) in [5, 5.41) is 2.95. The van der Waals surface area contributed by atoms with E-state index in [1.807, 2.05) is 13.8 Å². The van der Waals surface area contributed by atoms with Crippen molar-refractivity contribution in [3.8, 4) is 0 Å². The van der Waals surface area contributed by atoms with Gasteiger partial charge in [0.1, 0.15) is 5.82 Å². The van der Waals surface area contributed by atoms with Crippen LogP contribution in [-0.2, 0) is 19.6 Å². The van der Waals surface area contributed by atoms with E-state index in [9.17, 15) is 18.0 Å². The highest BCUT2D eigenvalue weighted by Crippen LogP contribution is 2.27. The van der Waals surface area contributed by atoms with Crippen LogP contribution >= 0.6 is 11.6 Å². The molecule has 2 heterocycles. The zero-order valence-corrected chi connectivity index (χ0v) is 19.7. The van der Waals surface area contributed by atoms with Crippen LogP contribution in [0.5, 0.6) is 0 Å². The van der Waals surface area contributed by atoms with Crippen molar-refractivity contribution < 1.29 is 22.7 Å². The molecule has 10 heteroatoms. The maximum atomic E-state index is 13.1. The Morgan fingerprint density at radius 2 is 1.88 bits per heavy atom. The molecule has 0 radical (unpaired) electrons. The van der Waals surface area contributed by atoms with Crippen molar-refractivity contribution >= 4 is 39.3 Å². The molecule has 1 aliphatic heterocycles. The Bertz CT molecular complexity index is 1080. The summed E-state index contributed by atoms with van der Waals surface area (Å²) in [6, 6.07) is 8.77. The molecule has 172 valence electrons. The van der Waals surface area contributed by atoms with E-state index in [-0.39, 0.29) is 28.1 Å². The molecule has 1 amide bonds. The van der Waals surface area contributed by atoms with Crippen molar-refractivity contribution in [1.82, 2.24) is 9.29 Å². The smallest absolute Gasteiger partial charge is 0.338 e. The number of pyridine rings is 1. The molecule has 0 saturated carbocycles. The van der Waals surface area contributed by atoms with Crippen LogP contribution in [-0.4, -0.2) is 48.8 Å². The zero-order valence-electron chi connectivity index (χ0n) is 18.1. The zero-order chi connectivity index (χ0) is 23.5. The molecule has 3 unspecified atom stereocenters. The number of aromatic nitrogens is 1. The van der Waals surface area contributed by atoms with Gasteiger partial charge in [0.25, 0.3) is 5.91 Å². The fourth-order valence-corrected chi connectivity index (χ4v) is 5.53. The molecule has 0 spiro atoms. The molecule has 0 aliphatic carbocycles. The minimum absolute atomic E-state index is 0.0238. The number of halogens is 1. The molecule has 3 atom stereocenters. The van der Waals surface area contributed by atoms with E-state index >= 15 is 0 Å². The second kappa shape index (κ2) is 9.97. The van der Waals surface area contributed by atoms with Gasteiger partial charge in [-0.2, -0.15) is 4.31 Å². The number of benzene rings is 1. The van der Waals surface area contributed by atoms with Gasteiger partial charge in [-0.25, -0.2) is 18.2 Å². The molecular weight excluding hydrogens is 454 g/mol. The van der Waals surface area contributed by atoms with E-state index in [0.29, 0.717) is 18.1 Å². The number of carbonyl (C=O) groups is 2. The first kappa shape index (κ1) is 24.2. The summed E-state index contributed by atoms with van der Waals surface area (Å²) in [4.78, 5) is 28.8. The summed E-state index contributed by atoms with van der Waals surface area (Å²) in [5.41, 5.74) is 0.0495. The van der Waals surface area contributed by atoms with Gasteiger partial charge < -0.3 is 10.1 Å². The van der Waals surface area contributed by atoms with E-state index in [2.05, 4.69) is 10.3 Å². The third kappa shape index (κ3) is 5.85. The predicted molar refractivity (Wildman–Crippen MR) is 121 cm³/mol. The van der Waals surface area contributed by atoms with Crippen LogP contribution in [0, 0.1) is 11.8 Å². The van der Waals surface area contributed by atoms with Crippen LogP contribution in [0.3, 0.4) is 0 Å². The van der Waals surface area contributed by atoms with Gasteiger partial charge in [-0.15, -0.1) is 0 Å². The maximum absolute atomic E-state index is 13.1. The van der Waals surface area contributed by atoms with Crippen molar-refractivity contribution in [2.24, 2.45) is 11.8 Å². The number of esters is 1. The quantitative estimate of drug-likeness (QED) is 0.635. The van der Waals surface area contributed by atoms with Crippen LogP contribution in [0.25, 0.3) is 0 Å². The summed E-state index contributed by atoms with van der Waals surface area (Å²) in [6.07, 6.45) is 1.23. The number of piperidine rings is 1. The van der Waals surface area contributed by atoms with Gasteiger partial charge in [0.15, 0.2) is 6.10 Å². The second-order valence-electron chi connectivity index (χ2n) is 8.19. The highest BCUT2D eigenvalue weighted by atomic mass is 35.5.